The van der Waals surface area contributed by atoms with E-state index in [4.69, 9.17) is 4.52 Å². The summed E-state index contributed by atoms with van der Waals surface area (Å²) in [5, 5.41) is 8.71. The topological polar surface area (TPSA) is 80.9 Å². The molecule has 1 amide bonds. The van der Waals surface area contributed by atoms with Crippen molar-refractivity contribution in [2.75, 3.05) is 0 Å². The van der Waals surface area contributed by atoms with Crippen LogP contribution in [0.5, 0.6) is 0 Å². The summed E-state index contributed by atoms with van der Waals surface area (Å²) in [5.41, 5.74) is 1.47. The summed E-state index contributed by atoms with van der Waals surface area (Å²) in [6.07, 6.45) is 3.33. The number of pyridine rings is 1. The van der Waals surface area contributed by atoms with Gasteiger partial charge in [0.15, 0.2) is 0 Å². The van der Waals surface area contributed by atoms with Crippen LogP contribution in [0.25, 0.3) is 11.4 Å². The number of carbonyl (C=O) groups excluding carboxylic acids is 1. The minimum absolute atomic E-state index is 0.144. The van der Waals surface area contributed by atoms with Crippen LogP contribution in [0.3, 0.4) is 0 Å². The molecule has 3 aromatic rings. The highest BCUT2D eigenvalue weighted by atomic mass is 32.1. The van der Waals surface area contributed by atoms with Gasteiger partial charge in [-0.1, -0.05) is 19.0 Å². The number of nitrogens with zero attached hydrogens (tertiary/aromatic N) is 3. The van der Waals surface area contributed by atoms with Gasteiger partial charge >= 0.3 is 0 Å². The zero-order valence-electron chi connectivity index (χ0n) is 13.7. The first-order chi connectivity index (χ1) is 11.5. The second-order valence-corrected chi connectivity index (χ2v) is 6.72. The molecular weight excluding hydrogens is 324 g/mol. The average Bonchev–Trinajstić information content (AvgIpc) is 3.25. The Kier molecular flexibility index (Phi) is 4.71. The van der Waals surface area contributed by atoms with E-state index in [1.807, 2.05) is 18.4 Å². The standard InChI is InChI=1S/C17H18N4O2S/c1-10(2)14-8-13(9-24-14)16(22)19-11(3)17-20-15(21-23-17)12-4-6-18-7-5-12/h4-11H,1-3H3,(H,19,22). The summed E-state index contributed by atoms with van der Waals surface area (Å²) in [6, 6.07) is 5.16. The van der Waals surface area contributed by atoms with Crippen LogP contribution in [-0.2, 0) is 0 Å². The van der Waals surface area contributed by atoms with E-state index in [0.29, 0.717) is 23.2 Å². The fourth-order valence-electron chi connectivity index (χ4n) is 2.15. The van der Waals surface area contributed by atoms with Crippen LogP contribution in [0, 0.1) is 0 Å². The summed E-state index contributed by atoms with van der Waals surface area (Å²) in [6.45, 7) is 6.03. The molecule has 0 saturated heterocycles. The van der Waals surface area contributed by atoms with Crippen molar-refractivity contribution >= 4 is 17.2 Å². The molecule has 0 radical (unpaired) electrons. The van der Waals surface area contributed by atoms with E-state index in [2.05, 4.69) is 34.3 Å². The van der Waals surface area contributed by atoms with Crippen molar-refractivity contribution in [2.45, 2.75) is 32.7 Å². The van der Waals surface area contributed by atoms with Crippen LogP contribution < -0.4 is 5.32 Å². The van der Waals surface area contributed by atoms with Crippen molar-refractivity contribution in [3.05, 3.63) is 52.3 Å². The lowest BCUT2D eigenvalue weighted by Crippen LogP contribution is -2.26. The Morgan fingerprint density at radius 1 is 1.25 bits per heavy atom. The number of nitrogens with one attached hydrogen (secondary N) is 1. The molecule has 124 valence electrons. The summed E-state index contributed by atoms with van der Waals surface area (Å²) in [4.78, 5) is 21.8. The largest absolute Gasteiger partial charge is 0.340 e. The van der Waals surface area contributed by atoms with Gasteiger partial charge in [-0.05, 0) is 31.0 Å². The fraction of sp³-hybridized carbons (Fsp3) is 0.294. The van der Waals surface area contributed by atoms with E-state index in [9.17, 15) is 4.79 Å². The Morgan fingerprint density at radius 2 is 2.00 bits per heavy atom. The molecule has 24 heavy (non-hydrogen) atoms. The molecule has 0 aliphatic heterocycles. The van der Waals surface area contributed by atoms with Gasteiger partial charge in [0.2, 0.25) is 11.7 Å². The SMILES string of the molecule is CC(C)c1cc(C(=O)NC(C)c2nc(-c3ccncc3)no2)cs1. The Morgan fingerprint density at radius 3 is 2.67 bits per heavy atom. The van der Waals surface area contributed by atoms with Gasteiger partial charge < -0.3 is 9.84 Å². The minimum Gasteiger partial charge on any atom is -0.340 e. The Balaban J connectivity index is 1.69. The first kappa shape index (κ1) is 16.3. The van der Waals surface area contributed by atoms with Gasteiger partial charge in [-0.25, -0.2) is 0 Å². The summed E-state index contributed by atoms with van der Waals surface area (Å²) < 4.78 is 5.27. The Hall–Kier alpha value is -2.54. The summed E-state index contributed by atoms with van der Waals surface area (Å²) in [5.74, 6) is 1.11. The molecule has 0 aromatic carbocycles. The molecule has 1 atom stereocenters. The molecule has 3 rings (SSSR count). The van der Waals surface area contributed by atoms with Crippen LogP contribution in [-0.4, -0.2) is 21.0 Å². The van der Waals surface area contributed by atoms with Gasteiger partial charge in [0.1, 0.15) is 6.04 Å². The number of rotatable bonds is 5. The molecule has 0 spiro atoms. The maximum Gasteiger partial charge on any atom is 0.252 e. The average molecular weight is 342 g/mol. The van der Waals surface area contributed by atoms with Gasteiger partial charge in [0.25, 0.3) is 5.91 Å². The lowest BCUT2D eigenvalue weighted by atomic mass is 10.1. The molecular formula is C17H18N4O2S. The molecule has 0 fully saturated rings. The van der Waals surface area contributed by atoms with Crippen molar-refractivity contribution in [3.8, 4) is 11.4 Å². The van der Waals surface area contributed by atoms with Crippen LogP contribution in [0.1, 0.15) is 53.9 Å². The van der Waals surface area contributed by atoms with Gasteiger partial charge in [0, 0.05) is 28.2 Å². The number of carbonyl (C=O) groups is 1. The molecule has 1 unspecified atom stereocenters. The number of amides is 1. The van der Waals surface area contributed by atoms with Gasteiger partial charge in [-0.3, -0.25) is 9.78 Å². The molecule has 3 aromatic heterocycles. The minimum atomic E-state index is -0.372. The zero-order valence-corrected chi connectivity index (χ0v) is 14.5. The van der Waals surface area contributed by atoms with Crippen molar-refractivity contribution in [3.63, 3.8) is 0 Å². The van der Waals surface area contributed by atoms with Crippen molar-refractivity contribution < 1.29 is 9.32 Å². The molecule has 0 saturated carbocycles. The van der Waals surface area contributed by atoms with Crippen LogP contribution in [0.15, 0.2) is 40.5 Å². The smallest absolute Gasteiger partial charge is 0.252 e. The van der Waals surface area contributed by atoms with E-state index in [0.717, 1.165) is 5.56 Å². The number of thiophene rings is 1. The Labute approximate surface area is 143 Å². The van der Waals surface area contributed by atoms with Crippen LogP contribution >= 0.6 is 11.3 Å². The highest BCUT2D eigenvalue weighted by molar-refractivity contribution is 7.10. The van der Waals surface area contributed by atoms with E-state index in [1.165, 1.54) is 4.88 Å². The van der Waals surface area contributed by atoms with Crippen molar-refractivity contribution in [1.82, 2.24) is 20.4 Å². The first-order valence-corrected chi connectivity index (χ1v) is 8.56. The van der Waals surface area contributed by atoms with Crippen molar-refractivity contribution in [2.24, 2.45) is 0 Å². The predicted octanol–water partition coefficient (Wildman–Crippen LogP) is 3.81. The number of hydrogen-bond acceptors (Lipinski definition) is 6. The summed E-state index contributed by atoms with van der Waals surface area (Å²) in [7, 11) is 0. The van der Waals surface area contributed by atoms with E-state index in [1.54, 1.807) is 35.9 Å². The third kappa shape index (κ3) is 3.51. The third-order valence-electron chi connectivity index (χ3n) is 3.55. The highest BCUT2D eigenvalue weighted by Crippen LogP contribution is 2.24. The first-order valence-electron chi connectivity index (χ1n) is 7.68. The third-order valence-corrected chi connectivity index (χ3v) is 4.78. The molecule has 0 aliphatic carbocycles. The maximum absolute atomic E-state index is 12.3. The normalized spacial score (nSPS) is 12.3. The van der Waals surface area contributed by atoms with E-state index < -0.39 is 0 Å². The van der Waals surface area contributed by atoms with Crippen molar-refractivity contribution in [1.29, 1.82) is 0 Å². The fourth-order valence-corrected chi connectivity index (χ4v) is 3.05. The summed E-state index contributed by atoms with van der Waals surface area (Å²) >= 11 is 1.59. The molecule has 0 bridgehead atoms. The predicted molar refractivity (Wildman–Crippen MR) is 91.8 cm³/mol. The van der Waals surface area contributed by atoms with Gasteiger partial charge in [-0.15, -0.1) is 11.3 Å². The maximum atomic E-state index is 12.3. The molecule has 6 nitrogen and oxygen atoms in total. The number of aromatic nitrogens is 3. The Bertz CT molecular complexity index is 826. The lowest BCUT2D eigenvalue weighted by Gasteiger charge is -2.08. The van der Waals surface area contributed by atoms with Gasteiger partial charge in [0.05, 0.1) is 5.56 Å². The monoisotopic (exact) mass is 342 g/mol. The quantitative estimate of drug-likeness (QED) is 0.762. The second-order valence-electron chi connectivity index (χ2n) is 5.78. The molecule has 3 heterocycles. The van der Waals surface area contributed by atoms with Gasteiger partial charge in [-0.2, -0.15) is 4.98 Å². The molecule has 7 heteroatoms. The van der Waals surface area contributed by atoms with Crippen LogP contribution in [0.2, 0.25) is 0 Å². The second kappa shape index (κ2) is 6.92. The van der Waals surface area contributed by atoms with Crippen LogP contribution in [0.4, 0.5) is 0 Å². The highest BCUT2D eigenvalue weighted by Gasteiger charge is 2.19. The molecule has 1 N–H and O–H groups in total. The van der Waals surface area contributed by atoms with E-state index in [-0.39, 0.29) is 11.9 Å². The molecule has 0 aliphatic rings. The zero-order chi connectivity index (χ0) is 17.1. The van der Waals surface area contributed by atoms with E-state index >= 15 is 0 Å². The number of hydrogen-bond donors (Lipinski definition) is 1. The lowest BCUT2D eigenvalue weighted by molar-refractivity contribution is 0.0933.